The van der Waals surface area contributed by atoms with E-state index >= 15 is 0 Å². The van der Waals surface area contributed by atoms with Gasteiger partial charge >= 0.3 is 0 Å². The van der Waals surface area contributed by atoms with Gasteiger partial charge in [0.25, 0.3) is 5.91 Å². The fraction of sp³-hybridized carbons (Fsp3) is 0.353. The minimum Gasteiger partial charge on any atom is -0.481 e. The number of rotatable bonds is 6. The van der Waals surface area contributed by atoms with Crippen molar-refractivity contribution in [1.82, 2.24) is 15.3 Å². The lowest BCUT2D eigenvalue weighted by atomic mass is 10.3. The number of nitrogens with zero attached hydrogens (tertiary/aromatic N) is 3. The lowest BCUT2D eigenvalue weighted by Gasteiger charge is -2.16. The molecule has 0 radical (unpaired) electrons. The molecule has 1 atom stereocenters. The summed E-state index contributed by atoms with van der Waals surface area (Å²) in [6.07, 6.45) is -0.587. The average molecular weight is 314 g/mol. The predicted octanol–water partition coefficient (Wildman–Crippen LogP) is 1.93. The quantitative estimate of drug-likeness (QED) is 0.882. The van der Waals surface area contributed by atoms with E-state index in [0.717, 1.165) is 11.5 Å². The molecular weight excluding hydrogens is 292 g/mol. The average Bonchev–Trinajstić information content (AvgIpc) is 2.53. The van der Waals surface area contributed by atoms with Crippen molar-refractivity contribution in [3.05, 3.63) is 47.9 Å². The van der Waals surface area contributed by atoms with Gasteiger partial charge in [-0.1, -0.05) is 18.2 Å². The van der Waals surface area contributed by atoms with Crippen LogP contribution in [0.15, 0.2) is 36.4 Å². The van der Waals surface area contributed by atoms with Crippen LogP contribution in [-0.2, 0) is 11.3 Å². The van der Waals surface area contributed by atoms with E-state index in [9.17, 15) is 4.79 Å². The number of aryl methyl sites for hydroxylation is 1. The van der Waals surface area contributed by atoms with Crippen molar-refractivity contribution in [3.63, 3.8) is 0 Å². The van der Waals surface area contributed by atoms with Gasteiger partial charge < -0.3 is 15.0 Å². The molecule has 0 bridgehead atoms. The van der Waals surface area contributed by atoms with E-state index in [2.05, 4.69) is 15.3 Å². The number of anilines is 1. The van der Waals surface area contributed by atoms with Crippen molar-refractivity contribution >= 4 is 11.7 Å². The lowest BCUT2D eigenvalue weighted by Crippen LogP contribution is -2.36. The normalized spacial score (nSPS) is 11.7. The second-order valence-electron chi connectivity index (χ2n) is 5.47. The Hall–Kier alpha value is -2.63. The standard InChI is InChI=1S/C17H22N4O2/c1-12-10-16(21(3)4)20-15(19-12)11-18-17(22)13(2)23-14-8-6-5-7-9-14/h5-10,13H,11H2,1-4H3,(H,18,22). The molecule has 1 unspecified atom stereocenters. The van der Waals surface area contributed by atoms with Crippen molar-refractivity contribution in [2.45, 2.75) is 26.5 Å². The lowest BCUT2D eigenvalue weighted by molar-refractivity contribution is -0.127. The van der Waals surface area contributed by atoms with Crippen LogP contribution in [0, 0.1) is 6.92 Å². The molecular formula is C17H22N4O2. The summed E-state index contributed by atoms with van der Waals surface area (Å²) in [4.78, 5) is 22.8. The minimum atomic E-state index is -0.587. The number of hydrogen-bond acceptors (Lipinski definition) is 5. The predicted molar refractivity (Wildman–Crippen MR) is 89.5 cm³/mol. The first-order chi connectivity index (χ1) is 11.0. The van der Waals surface area contributed by atoms with Gasteiger partial charge in [-0.3, -0.25) is 4.79 Å². The summed E-state index contributed by atoms with van der Waals surface area (Å²) in [5.74, 6) is 1.85. The van der Waals surface area contributed by atoms with Crippen molar-refractivity contribution < 1.29 is 9.53 Å². The molecule has 1 aromatic carbocycles. The fourth-order valence-corrected chi connectivity index (χ4v) is 1.99. The Bertz CT molecular complexity index is 659. The Morgan fingerprint density at radius 3 is 2.61 bits per heavy atom. The summed E-state index contributed by atoms with van der Waals surface area (Å²) in [5, 5.41) is 2.80. The van der Waals surface area contributed by atoms with Crippen molar-refractivity contribution in [2.24, 2.45) is 0 Å². The molecule has 0 saturated carbocycles. The molecule has 0 aliphatic heterocycles. The van der Waals surface area contributed by atoms with Crippen molar-refractivity contribution in [1.29, 1.82) is 0 Å². The zero-order valence-corrected chi connectivity index (χ0v) is 13.9. The van der Waals surface area contributed by atoms with Gasteiger partial charge in [0.1, 0.15) is 17.4 Å². The Morgan fingerprint density at radius 1 is 1.26 bits per heavy atom. The molecule has 2 rings (SSSR count). The number of amides is 1. The third-order valence-corrected chi connectivity index (χ3v) is 3.19. The molecule has 0 aliphatic rings. The number of carbonyl (C=O) groups excluding carboxylic acids is 1. The first kappa shape index (κ1) is 16.7. The molecule has 6 heteroatoms. The number of aromatic nitrogens is 2. The monoisotopic (exact) mass is 314 g/mol. The molecule has 122 valence electrons. The van der Waals surface area contributed by atoms with Crippen molar-refractivity contribution in [2.75, 3.05) is 19.0 Å². The molecule has 1 amide bonds. The van der Waals surface area contributed by atoms with Gasteiger partial charge in [-0.25, -0.2) is 9.97 Å². The van der Waals surface area contributed by atoms with Crippen LogP contribution >= 0.6 is 0 Å². The van der Waals surface area contributed by atoms with Crippen LogP contribution in [0.5, 0.6) is 5.75 Å². The Labute approximate surface area is 136 Å². The van der Waals surface area contributed by atoms with Crippen molar-refractivity contribution in [3.8, 4) is 5.75 Å². The molecule has 0 saturated heterocycles. The zero-order chi connectivity index (χ0) is 16.8. The highest BCUT2D eigenvalue weighted by Gasteiger charge is 2.15. The van der Waals surface area contributed by atoms with Gasteiger partial charge in [0.05, 0.1) is 6.54 Å². The Kier molecular flexibility index (Phi) is 5.51. The SMILES string of the molecule is Cc1cc(N(C)C)nc(CNC(=O)C(C)Oc2ccccc2)n1. The number of benzene rings is 1. The van der Waals surface area contributed by atoms with E-state index in [0.29, 0.717) is 11.6 Å². The van der Waals surface area contributed by atoms with Crippen LogP contribution in [0.2, 0.25) is 0 Å². The van der Waals surface area contributed by atoms with Gasteiger partial charge in [0.2, 0.25) is 0 Å². The second-order valence-corrected chi connectivity index (χ2v) is 5.47. The summed E-state index contributed by atoms with van der Waals surface area (Å²) < 4.78 is 5.59. The van der Waals surface area contributed by atoms with E-state index < -0.39 is 6.10 Å². The zero-order valence-electron chi connectivity index (χ0n) is 13.9. The van der Waals surface area contributed by atoms with Gasteiger partial charge in [-0.15, -0.1) is 0 Å². The molecule has 2 aromatic rings. The second kappa shape index (κ2) is 7.58. The molecule has 6 nitrogen and oxygen atoms in total. The van der Waals surface area contributed by atoms with Gasteiger partial charge in [-0.05, 0) is 26.0 Å². The molecule has 1 aromatic heterocycles. The maximum absolute atomic E-state index is 12.1. The smallest absolute Gasteiger partial charge is 0.261 e. The molecule has 1 N–H and O–H groups in total. The highest BCUT2D eigenvalue weighted by Crippen LogP contribution is 2.11. The number of nitrogens with one attached hydrogen (secondary N) is 1. The maximum Gasteiger partial charge on any atom is 0.261 e. The topological polar surface area (TPSA) is 67.4 Å². The first-order valence-corrected chi connectivity index (χ1v) is 7.47. The summed E-state index contributed by atoms with van der Waals surface area (Å²) in [5.41, 5.74) is 0.863. The summed E-state index contributed by atoms with van der Waals surface area (Å²) in [7, 11) is 3.83. The van der Waals surface area contributed by atoms with E-state index in [-0.39, 0.29) is 12.5 Å². The summed E-state index contributed by atoms with van der Waals surface area (Å²) >= 11 is 0. The van der Waals surface area contributed by atoms with Crippen LogP contribution in [-0.4, -0.2) is 36.1 Å². The summed E-state index contributed by atoms with van der Waals surface area (Å²) in [6, 6.07) is 11.2. The van der Waals surface area contributed by atoms with Gasteiger partial charge in [0.15, 0.2) is 6.10 Å². The number of para-hydroxylation sites is 1. The number of carbonyl (C=O) groups is 1. The summed E-state index contributed by atoms with van der Waals surface area (Å²) in [6.45, 7) is 3.88. The number of ether oxygens (including phenoxy) is 1. The molecule has 0 spiro atoms. The minimum absolute atomic E-state index is 0.203. The van der Waals surface area contributed by atoms with Crippen LogP contribution in [0.1, 0.15) is 18.4 Å². The highest BCUT2D eigenvalue weighted by molar-refractivity contribution is 5.80. The van der Waals surface area contributed by atoms with E-state index in [1.165, 1.54) is 0 Å². The maximum atomic E-state index is 12.1. The highest BCUT2D eigenvalue weighted by atomic mass is 16.5. The van der Waals surface area contributed by atoms with E-state index in [4.69, 9.17) is 4.74 Å². The van der Waals surface area contributed by atoms with Crippen LogP contribution in [0.25, 0.3) is 0 Å². The molecule has 0 fully saturated rings. The van der Waals surface area contributed by atoms with E-state index in [1.807, 2.05) is 62.3 Å². The van der Waals surface area contributed by atoms with Gasteiger partial charge in [0, 0.05) is 25.9 Å². The first-order valence-electron chi connectivity index (χ1n) is 7.47. The van der Waals surface area contributed by atoms with Gasteiger partial charge in [-0.2, -0.15) is 0 Å². The van der Waals surface area contributed by atoms with Crippen LogP contribution < -0.4 is 15.0 Å². The molecule has 23 heavy (non-hydrogen) atoms. The third kappa shape index (κ3) is 4.95. The Morgan fingerprint density at radius 2 is 1.96 bits per heavy atom. The third-order valence-electron chi connectivity index (χ3n) is 3.19. The fourth-order valence-electron chi connectivity index (χ4n) is 1.99. The number of hydrogen-bond donors (Lipinski definition) is 1. The molecule has 1 heterocycles. The van der Waals surface area contributed by atoms with Crippen LogP contribution in [0.4, 0.5) is 5.82 Å². The Balaban J connectivity index is 1.93. The molecule has 0 aliphatic carbocycles. The van der Waals surface area contributed by atoms with E-state index in [1.54, 1.807) is 6.92 Å². The van der Waals surface area contributed by atoms with Crippen LogP contribution in [0.3, 0.4) is 0 Å². The largest absolute Gasteiger partial charge is 0.481 e.